The highest BCUT2D eigenvalue weighted by atomic mass is 15.1. The monoisotopic (exact) mass is 245 g/mol. The molecular formula is C15H23N3. The molecule has 0 spiro atoms. The Bertz CT molecular complexity index is 382. The maximum atomic E-state index is 4.41. The van der Waals surface area contributed by atoms with Crippen molar-refractivity contribution in [2.24, 2.45) is 11.8 Å². The maximum Gasteiger partial charge on any atom is 0.0562 e. The van der Waals surface area contributed by atoms with Crippen LogP contribution in [0.25, 0.3) is 0 Å². The topological polar surface area (TPSA) is 28.2 Å². The average Bonchev–Trinajstić information content (AvgIpc) is 3.24. The van der Waals surface area contributed by atoms with E-state index in [1.165, 1.54) is 44.5 Å². The van der Waals surface area contributed by atoms with Crippen molar-refractivity contribution in [2.75, 3.05) is 25.0 Å². The summed E-state index contributed by atoms with van der Waals surface area (Å²) in [5, 5.41) is 3.18. The summed E-state index contributed by atoms with van der Waals surface area (Å²) in [6.07, 6.45) is 7.66. The Kier molecular flexibility index (Phi) is 3.50. The first-order valence-corrected chi connectivity index (χ1v) is 7.19. The summed E-state index contributed by atoms with van der Waals surface area (Å²) < 4.78 is 0. The summed E-state index contributed by atoms with van der Waals surface area (Å²) in [4.78, 5) is 7.01. The second-order valence-corrected chi connectivity index (χ2v) is 5.83. The first-order chi connectivity index (χ1) is 8.85. The van der Waals surface area contributed by atoms with Crippen molar-refractivity contribution in [1.82, 2.24) is 10.3 Å². The molecule has 1 aromatic heterocycles. The number of pyridine rings is 1. The molecule has 0 amide bonds. The highest BCUT2D eigenvalue weighted by Crippen LogP contribution is 2.35. The van der Waals surface area contributed by atoms with Gasteiger partial charge in [0.25, 0.3) is 0 Å². The fourth-order valence-corrected chi connectivity index (χ4v) is 2.45. The van der Waals surface area contributed by atoms with Gasteiger partial charge in [-0.15, -0.1) is 0 Å². The predicted octanol–water partition coefficient (Wildman–Crippen LogP) is 2.43. The van der Waals surface area contributed by atoms with E-state index in [0.29, 0.717) is 0 Å². The normalized spacial score (nSPS) is 18.9. The number of aromatic nitrogens is 1. The Morgan fingerprint density at radius 2 is 1.89 bits per heavy atom. The van der Waals surface area contributed by atoms with Gasteiger partial charge in [0.2, 0.25) is 0 Å². The summed E-state index contributed by atoms with van der Waals surface area (Å²) >= 11 is 0. The van der Waals surface area contributed by atoms with Crippen LogP contribution in [0.2, 0.25) is 0 Å². The summed E-state index contributed by atoms with van der Waals surface area (Å²) in [5.74, 6) is 1.90. The lowest BCUT2D eigenvalue weighted by Crippen LogP contribution is -2.28. The first kappa shape index (κ1) is 12.0. The molecule has 2 aliphatic rings. The zero-order chi connectivity index (χ0) is 12.4. The van der Waals surface area contributed by atoms with Crippen molar-refractivity contribution in [3.63, 3.8) is 0 Å². The van der Waals surface area contributed by atoms with Crippen LogP contribution in [0.5, 0.6) is 0 Å². The van der Waals surface area contributed by atoms with E-state index in [9.17, 15) is 0 Å². The number of rotatable bonds is 7. The molecule has 0 aromatic carbocycles. The number of anilines is 1. The summed E-state index contributed by atoms with van der Waals surface area (Å²) in [7, 11) is 1.97. The van der Waals surface area contributed by atoms with E-state index in [0.717, 1.165) is 24.1 Å². The number of nitrogens with zero attached hydrogens (tertiary/aromatic N) is 2. The number of hydrogen-bond donors (Lipinski definition) is 1. The van der Waals surface area contributed by atoms with E-state index in [2.05, 4.69) is 27.3 Å². The van der Waals surface area contributed by atoms with Crippen LogP contribution in [0.1, 0.15) is 31.4 Å². The van der Waals surface area contributed by atoms with Crippen LogP contribution in [0.4, 0.5) is 5.69 Å². The largest absolute Gasteiger partial charge is 0.371 e. The Hall–Kier alpha value is -1.09. The molecule has 0 aliphatic heterocycles. The van der Waals surface area contributed by atoms with Crippen LogP contribution in [0.3, 0.4) is 0 Å². The molecule has 1 heterocycles. The van der Waals surface area contributed by atoms with E-state index >= 15 is 0 Å². The van der Waals surface area contributed by atoms with E-state index in [-0.39, 0.29) is 0 Å². The molecule has 3 rings (SSSR count). The highest BCUT2D eigenvalue weighted by Gasteiger charge is 2.29. The molecule has 0 unspecified atom stereocenters. The third-order valence-electron chi connectivity index (χ3n) is 3.87. The van der Waals surface area contributed by atoms with Crippen LogP contribution in [0.15, 0.2) is 18.3 Å². The van der Waals surface area contributed by atoms with Gasteiger partial charge >= 0.3 is 0 Å². The van der Waals surface area contributed by atoms with Crippen LogP contribution in [0, 0.1) is 11.8 Å². The molecule has 2 aliphatic carbocycles. The van der Waals surface area contributed by atoms with Crippen LogP contribution < -0.4 is 10.2 Å². The summed E-state index contributed by atoms with van der Waals surface area (Å²) in [6.45, 7) is 3.35. The quantitative estimate of drug-likeness (QED) is 0.799. The molecule has 1 N–H and O–H groups in total. The summed E-state index contributed by atoms with van der Waals surface area (Å²) in [5.41, 5.74) is 2.51. The molecule has 3 heteroatoms. The molecule has 2 fully saturated rings. The Labute approximate surface area is 110 Å². The lowest BCUT2D eigenvalue weighted by atomic mass is 10.2. The third-order valence-corrected chi connectivity index (χ3v) is 3.87. The minimum Gasteiger partial charge on any atom is -0.371 e. The smallest absolute Gasteiger partial charge is 0.0562 e. The lowest BCUT2D eigenvalue weighted by Gasteiger charge is -2.25. The Morgan fingerprint density at radius 3 is 2.44 bits per heavy atom. The van der Waals surface area contributed by atoms with Gasteiger partial charge in [-0.05, 0) is 56.7 Å². The zero-order valence-corrected chi connectivity index (χ0v) is 11.2. The van der Waals surface area contributed by atoms with Gasteiger partial charge in [0.05, 0.1) is 5.69 Å². The molecule has 0 bridgehead atoms. The third kappa shape index (κ3) is 3.22. The standard InChI is InChI=1S/C15H23N3/c1-16-9-14-8-15(6-7-17-14)18(10-12-2-3-12)11-13-4-5-13/h6-8,12-13,16H,2-5,9-11H2,1H3. The number of nitrogens with one attached hydrogen (secondary N) is 1. The molecule has 2 saturated carbocycles. The van der Waals surface area contributed by atoms with Gasteiger partial charge in [0.15, 0.2) is 0 Å². The van der Waals surface area contributed by atoms with Gasteiger partial charge in [-0.1, -0.05) is 0 Å². The molecule has 98 valence electrons. The van der Waals surface area contributed by atoms with Crippen molar-refractivity contribution in [3.8, 4) is 0 Å². The highest BCUT2D eigenvalue weighted by molar-refractivity contribution is 5.47. The maximum absolute atomic E-state index is 4.41. The Balaban J connectivity index is 1.71. The van der Waals surface area contributed by atoms with E-state index < -0.39 is 0 Å². The van der Waals surface area contributed by atoms with Gasteiger partial charge in [0, 0.05) is 31.5 Å². The second kappa shape index (κ2) is 5.27. The van der Waals surface area contributed by atoms with E-state index in [1.807, 2.05) is 13.2 Å². The number of hydrogen-bond acceptors (Lipinski definition) is 3. The van der Waals surface area contributed by atoms with Gasteiger partial charge in [-0.25, -0.2) is 0 Å². The van der Waals surface area contributed by atoms with Crippen molar-refractivity contribution in [3.05, 3.63) is 24.0 Å². The van der Waals surface area contributed by atoms with Gasteiger partial charge in [-0.2, -0.15) is 0 Å². The van der Waals surface area contributed by atoms with Crippen molar-refractivity contribution >= 4 is 5.69 Å². The van der Waals surface area contributed by atoms with Gasteiger partial charge < -0.3 is 10.2 Å². The minimum absolute atomic E-state index is 0.856. The molecule has 3 nitrogen and oxygen atoms in total. The fraction of sp³-hybridized carbons (Fsp3) is 0.667. The SMILES string of the molecule is CNCc1cc(N(CC2CC2)CC2CC2)ccn1. The molecule has 1 aromatic rings. The van der Waals surface area contributed by atoms with Gasteiger partial charge in [0.1, 0.15) is 0 Å². The first-order valence-electron chi connectivity index (χ1n) is 7.19. The van der Waals surface area contributed by atoms with Crippen LogP contribution in [-0.4, -0.2) is 25.1 Å². The molecule has 0 radical (unpaired) electrons. The van der Waals surface area contributed by atoms with Crippen LogP contribution in [-0.2, 0) is 6.54 Å². The van der Waals surface area contributed by atoms with Crippen LogP contribution >= 0.6 is 0 Å². The average molecular weight is 245 g/mol. The molecule has 18 heavy (non-hydrogen) atoms. The van der Waals surface area contributed by atoms with E-state index in [1.54, 1.807) is 0 Å². The van der Waals surface area contributed by atoms with Gasteiger partial charge in [-0.3, -0.25) is 4.98 Å². The van der Waals surface area contributed by atoms with Crippen molar-refractivity contribution in [1.29, 1.82) is 0 Å². The minimum atomic E-state index is 0.856. The predicted molar refractivity (Wildman–Crippen MR) is 74.7 cm³/mol. The summed E-state index contributed by atoms with van der Waals surface area (Å²) in [6, 6.07) is 4.42. The van der Waals surface area contributed by atoms with Crippen molar-refractivity contribution in [2.45, 2.75) is 32.2 Å². The van der Waals surface area contributed by atoms with Crippen molar-refractivity contribution < 1.29 is 0 Å². The molecule has 0 saturated heterocycles. The lowest BCUT2D eigenvalue weighted by molar-refractivity contribution is 0.677. The Morgan fingerprint density at radius 1 is 1.22 bits per heavy atom. The fourth-order valence-electron chi connectivity index (χ4n) is 2.45. The zero-order valence-electron chi connectivity index (χ0n) is 11.2. The molecule has 0 atom stereocenters. The second-order valence-electron chi connectivity index (χ2n) is 5.83. The van der Waals surface area contributed by atoms with E-state index in [4.69, 9.17) is 0 Å². The molecular weight excluding hydrogens is 222 g/mol.